The van der Waals surface area contributed by atoms with Crippen LogP contribution in [0.3, 0.4) is 0 Å². The Bertz CT molecular complexity index is 1180. The van der Waals surface area contributed by atoms with Crippen LogP contribution in [0.25, 0.3) is 10.8 Å². The molecule has 1 N–H and O–H groups in total. The molecule has 7 heteroatoms. The van der Waals surface area contributed by atoms with Crippen LogP contribution < -0.4 is 10.9 Å². The molecule has 2 aromatic carbocycles. The van der Waals surface area contributed by atoms with Crippen LogP contribution >= 0.6 is 0 Å². The Balaban J connectivity index is 1.51. The highest BCUT2D eigenvalue weighted by molar-refractivity contribution is 6.03. The van der Waals surface area contributed by atoms with E-state index in [0.717, 1.165) is 23.9 Å². The number of carbonyl (C=O) groups is 2. The summed E-state index contributed by atoms with van der Waals surface area (Å²) in [7, 11) is 1.47. The van der Waals surface area contributed by atoms with Gasteiger partial charge in [-0.15, -0.1) is 0 Å². The first-order valence-electron chi connectivity index (χ1n) is 9.54. The van der Waals surface area contributed by atoms with Crippen LogP contribution in [-0.4, -0.2) is 27.8 Å². The fraction of sp³-hybridized carbons (Fsp3) is 0.273. The van der Waals surface area contributed by atoms with Crippen LogP contribution in [-0.2, 0) is 29.4 Å². The molecule has 1 amide bonds. The molecule has 3 aromatic rings. The second-order valence-corrected chi connectivity index (χ2v) is 7.20. The number of fused-ring (bicyclic) bond motifs is 2. The molecule has 1 aliphatic rings. The molecule has 0 fully saturated rings. The van der Waals surface area contributed by atoms with E-state index in [9.17, 15) is 14.4 Å². The molecule has 0 radical (unpaired) electrons. The number of hydrogen-bond donors (Lipinski definition) is 1. The highest BCUT2D eigenvalue weighted by atomic mass is 16.5. The van der Waals surface area contributed by atoms with Gasteiger partial charge in [-0.05, 0) is 55.5 Å². The predicted molar refractivity (Wildman–Crippen MR) is 109 cm³/mol. The van der Waals surface area contributed by atoms with Crippen molar-refractivity contribution in [1.82, 2.24) is 9.78 Å². The Labute approximate surface area is 167 Å². The zero-order valence-corrected chi connectivity index (χ0v) is 16.3. The SMILES string of the molecule is C[C@@H](OC(=O)c1nn(C)c(=O)c2ccccc12)C(=O)Nc1ccc2c(c1)CCC2. The second-order valence-electron chi connectivity index (χ2n) is 7.20. The summed E-state index contributed by atoms with van der Waals surface area (Å²) in [5.74, 6) is -1.18. The molecule has 0 spiro atoms. The number of aromatic nitrogens is 2. The standard InChI is InChI=1S/C22H21N3O4/c1-13(20(26)23-16-11-10-14-6-5-7-15(14)12-16)29-22(28)19-17-8-3-4-9-18(17)21(27)25(2)24-19/h3-4,8-13H,5-7H2,1-2H3,(H,23,26)/t13-/m1/s1. The summed E-state index contributed by atoms with van der Waals surface area (Å²) >= 11 is 0. The highest BCUT2D eigenvalue weighted by Crippen LogP contribution is 2.25. The van der Waals surface area contributed by atoms with Gasteiger partial charge in [0.05, 0.1) is 5.39 Å². The smallest absolute Gasteiger partial charge is 0.360 e. The van der Waals surface area contributed by atoms with E-state index in [4.69, 9.17) is 4.74 Å². The quantitative estimate of drug-likeness (QED) is 0.691. The number of amides is 1. The monoisotopic (exact) mass is 391 g/mol. The second kappa shape index (κ2) is 7.50. The summed E-state index contributed by atoms with van der Waals surface area (Å²) in [4.78, 5) is 37.4. The lowest BCUT2D eigenvalue weighted by Crippen LogP contribution is -2.31. The van der Waals surface area contributed by atoms with E-state index in [1.54, 1.807) is 24.3 Å². The molecule has 1 aromatic heterocycles. The van der Waals surface area contributed by atoms with Crippen LogP contribution in [0, 0.1) is 0 Å². The van der Waals surface area contributed by atoms with E-state index < -0.39 is 18.0 Å². The van der Waals surface area contributed by atoms with E-state index >= 15 is 0 Å². The van der Waals surface area contributed by atoms with Gasteiger partial charge in [-0.2, -0.15) is 5.10 Å². The average Bonchev–Trinajstić information content (AvgIpc) is 3.18. The van der Waals surface area contributed by atoms with Crippen molar-refractivity contribution in [2.75, 3.05) is 5.32 Å². The lowest BCUT2D eigenvalue weighted by molar-refractivity contribution is -0.123. The summed E-state index contributed by atoms with van der Waals surface area (Å²) in [5.41, 5.74) is 2.94. The first kappa shape index (κ1) is 18.9. The average molecular weight is 391 g/mol. The minimum atomic E-state index is -1.02. The van der Waals surface area contributed by atoms with Gasteiger partial charge in [0.1, 0.15) is 0 Å². The summed E-state index contributed by atoms with van der Waals surface area (Å²) in [6, 6.07) is 12.5. The van der Waals surface area contributed by atoms with E-state index in [2.05, 4.69) is 10.4 Å². The number of carbonyl (C=O) groups excluding carboxylic acids is 2. The number of nitrogens with one attached hydrogen (secondary N) is 1. The van der Waals surface area contributed by atoms with Crippen molar-refractivity contribution < 1.29 is 14.3 Å². The lowest BCUT2D eigenvalue weighted by Gasteiger charge is -2.15. The van der Waals surface area contributed by atoms with Crippen LogP contribution in [0.15, 0.2) is 47.3 Å². The third-order valence-corrected chi connectivity index (χ3v) is 5.17. The van der Waals surface area contributed by atoms with Gasteiger partial charge in [-0.25, -0.2) is 9.48 Å². The van der Waals surface area contributed by atoms with Crippen molar-refractivity contribution in [3.8, 4) is 0 Å². The Morgan fingerprint density at radius 2 is 1.83 bits per heavy atom. The van der Waals surface area contributed by atoms with Gasteiger partial charge < -0.3 is 10.1 Å². The maximum atomic E-state index is 12.7. The largest absolute Gasteiger partial charge is 0.448 e. The van der Waals surface area contributed by atoms with Gasteiger partial charge >= 0.3 is 5.97 Å². The molecular formula is C22H21N3O4. The number of aryl methyl sites for hydroxylation is 3. The lowest BCUT2D eigenvalue weighted by atomic mass is 10.1. The van der Waals surface area contributed by atoms with Crippen LogP contribution in [0.1, 0.15) is 35.0 Å². The molecule has 4 rings (SSSR count). The van der Waals surface area contributed by atoms with Crippen LogP contribution in [0.4, 0.5) is 5.69 Å². The molecule has 0 saturated heterocycles. The first-order chi connectivity index (χ1) is 13.9. The number of nitrogens with zero attached hydrogens (tertiary/aromatic N) is 2. The topological polar surface area (TPSA) is 90.3 Å². The first-order valence-corrected chi connectivity index (χ1v) is 9.54. The number of rotatable bonds is 4. The van der Waals surface area contributed by atoms with Crippen molar-refractivity contribution in [3.63, 3.8) is 0 Å². The van der Waals surface area contributed by atoms with E-state index in [0.29, 0.717) is 16.5 Å². The highest BCUT2D eigenvalue weighted by Gasteiger charge is 2.23. The van der Waals surface area contributed by atoms with E-state index in [-0.39, 0.29) is 11.3 Å². The molecule has 7 nitrogen and oxygen atoms in total. The Kier molecular flexibility index (Phi) is 4.88. The number of benzene rings is 2. The fourth-order valence-corrected chi connectivity index (χ4v) is 3.61. The molecule has 148 valence electrons. The van der Waals surface area contributed by atoms with Gasteiger partial charge in [0.2, 0.25) is 0 Å². The van der Waals surface area contributed by atoms with Gasteiger partial charge in [-0.3, -0.25) is 9.59 Å². The number of ether oxygens (including phenoxy) is 1. The Morgan fingerprint density at radius 1 is 1.10 bits per heavy atom. The van der Waals surface area contributed by atoms with Crippen molar-refractivity contribution in [2.45, 2.75) is 32.3 Å². The van der Waals surface area contributed by atoms with Gasteiger partial charge in [0, 0.05) is 18.1 Å². The summed E-state index contributed by atoms with van der Waals surface area (Å²) in [6.07, 6.45) is 2.18. The fourth-order valence-electron chi connectivity index (χ4n) is 3.61. The molecule has 1 heterocycles. The van der Waals surface area contributed by atoms with E-state index in [1.807, 2.05) is 18.2 Å². The van der Waals surface area contributed by atoms with Gasteiger partial charge in [-0.1, -0.05) is 24.3 Å². The Hall–Kier alpha value is -3.48. The van der Waals surface area contributed by atoms with Crippen molar-refractivity contribution in [1.29, 1.82) is 0 Å². The van der Waals surface area contributed by atoms with Crippen LogP contribution in [0.2, 0.25) is 0 Å². The minimum Gasteiger partial charge on any atom is -0.448 e. The van der Waals surface area contributed by atoms with E-state index in [1.165, 1.54) is 25.1 Å². The number of esters is 1. The van der Waals surface area contributed by atoms with Gasteiger partial charge in [0.15, 0.2) is 11.8 Å². The maximum Gasteiger partial charge on any atom is 0.360 e. The summed E-state index contributed by atoms with van der Waals surface area (Å²) < 4.78 is 6.43. The molecule has 1 aliphatic carbocycles. The molecule has 0 saturated carbocycles. The zero-order valence-electron chi connectivity index (χ0n) is 16.3. The molecule has 29 heavy (non-hydrogen) atoms. The molecule has 0 unspecified atom stereocenters. The summed E-state index contributed by atoms with van der Waals surface area (Å²) in [5, 5.41) is 7.59. The molecular weight excluding hydrogens is 370 g/mol. The van der Waals surface area contributed by atoms with Crippen molar-refractivity contribution in [3.05, 3.63) is 69.6 Å². The van der Waals surface area contributed by atoms with Crippen LogP contribution in [0.5, 0.6) is 0 Å². The van der Waals surface area contributed by atoms with Gasteiger partial charge in [0.25, 0.3) is 11.5 Å². The number of hydrogen-bond acceptors (Lipinski definition) is 5. The predicted octanol–water partition coefficient (Wildman–Crippen LogP) is 2.61. The number of anilines is 1. The third kappa shape index (κ3) is 3.63. The Morgan fingerprint density at radius 3 is 2.62 bits per heavy atom. The van der Waals surface area contributed by atoms with Crippen molar-refractivity contribution in [2.24, 2.45) is 7.05 Å². The normalized spacial score (nSPS) is 13.7. The molecule has 1 atom stereocenters. The molecule has 0 bridgehead atoms. The zero-order chi connectivity index (χ0) is 20.5. The third-order valence-electron chi connectivity index (χ3n) is 5.17. The van der Waals surface area contributed by atoms with Crippen molar-refractivity contribution >= 4 is 28.3 Å². The summed E-state index contributed by atoms with van der Waals surface area (Å²) in [6.45, 7) is 1.50. The minimum absolute atomic E-state index is 0.000110. The molecule has 0 aliphatic heterocycles. The maximum absolute atomic E-state index is 12.7.